The van der Waals surface area contributed by atoms with Gasteiger partial charge in [-0.2, -0.15) is 0 Å². The van der Waals surface area contributed by atoms with Crippen molar-refractivity contribution in [1.82, 2.24) is 4.57 Å². The number of nitrogens with two attached hydrogens (primary N) is 1. The van der Waals surface area contributed by atoms with Crippen LogP contribution in [0.3, 0.4) is 0 Å². The molecule has 1 amide bonds. The average Bonchev–Trinajstić information content (AvgIpc) is 2.96. The van der Waals surface area contributed by atoms with Crippen molar-refractivity contribution in [2.45, 2.75) is 18.5 Å². The van der Waals surface area contributed by atoms with E-state index in [-0.39, 0.29) is 22.7 Å². The number of carbonyl (C=O) groups is 1. The molecule has 0 unspecified atom stereocenters. The van der Waals surface area contributed by atoms with Gasteiger partial charge in [0.05, 0.1) is 18.3 Å². The molecule has 0 bridgehead atoms. The van der Waals surface area contributed by atoms with Gasteiger partial charge in [-0.25, -0.2) is 4.39 Å². The predicted octanol–water partition coefficient (Wildman–Crippen LogP) is 5.80. The van der Waals surface area contributed by atoms with Gasteiger partial charge in [-0.05, 0) is 41.0 Å². The Bertz CT molecular complexity index is 1580. The van der Waals surface area contributed by atoms with Crippen LogP contribution < -0.4 is 16.6 Å². The van der Waals surface area contributed by atoms with Gasteiger partial charge >= 0.3 is 0 Å². The topological polar surface area (TPSA) is 77.1 Å². The molecule has 1 atom stereocenters. The van der Waals surface area contributed by atoms with Gasteiger partial charge in [0, 0.05) is 23.2 Å². The van der Waals surface area contributed by atoms with Crippen LogP contribution in [0.25, 0.3) is 11.3 Å². The Balaban J connectivity index is 1.40. The summed E-state index contributed by atoms with van der Waals surface area (Å²) in [7, 11) is 0. The highest BCUT2D eigenvalue weighted by Crippen LogP contribution is 2.29. The lowest BCUT2D eigenvalue weighted by Crippen LogP contribution is -2.41. The molecule has 6 heteroatoms. The zero-order chi connectivity index (χ0) is 27.2. The molecule has 0 radical (unpaired) electrons. The summed E-state index contributed by atoms with van der Waals surface area (Å²) in [5.41, 5.74) is 10.0. The second-order valence-electron chi connectivity index (χ2n) is 9.33. The third-order valence-electron chi connectivity index (χ3n) is 6.73. The third-order valence-corrected chi connectivity index (χ3v) is 6.73. The first-order valence-electron chi connectivity index (χ1n) is 12.7. The van der Waals surface area contributed by atoms with Crippen molar-refractivity contribution in [2.24, 2.45) is 5.73 Å². The minimum Gasteiger partial charge on any atom is -0.325 e. The largest absolute Gasteiger partial charge is 0.325 e. The number of nitrogens with zero attached hydrogens (tertiary/aromatic N) is 1. The van der Waals surface area contributed by atoms with E-state index in [1.165, 1.54) is 16.7 Å². The summed E-state index contributed by atoms with van der Waals surface area (Å²) in [6.45, 7) is 0.309. The molecule has 0 saturated carbocycles. The highest BCUT2D eigenvalue weighted by molar-refractivity contribution is 5.96. The summed E-state index contributed by atoms with van der Waals surface area (Å²) in [5, 5.41) is 2.77. The molecule has 1 heterocycles. The maximum absolute atomic E-state index is 15.4. The van der Waals surface area contributed by atoms with Crippen LogP contribution in [0, 0.1) is 5.82 Å². The van der Waals surface area contributed by atoms with Crippen molar-refractivity contribution >= 4 is 11.6 Å². The summed E-state index contributed by atoms with van der Waals surface area (Å²) < 4.78 is 17.0. The number of nitrogens with one attached hydrogen (secondary N) is 1. The van der Waals surface area contributed by atoms with E-state index in [0.717, 1.165) is 16.7 Å². The van der Waals surface area contributed by atoms with Crippen molar-refractivity contribution in [3.05, 3.63) is 160 Å². The molecule has 3 N–H and O–H groups in total. The number of amides is 1. The smallest absolute Gasteiger partial charge is 0.251 e. The number of hydrogen-bond acceptors (Lipinski definition) is 3. The Hall–Kier alpha value is -4.81. The molecular weight excluding hydrogens is 489 g/mol. The van der Waals surface area contributed by atoms with Gasteiger partial charge in [-0.1, -0.05) is 97.1 Å². The van der Waals surface area contributed by atoms with E-state index in [2.05, 4.69) is 5.32 Å². The number of halogens is 1. The maximum Gasteiger partial charge on any atom is 0.251 e. The van der Waals surface area contributed by atoms with Crippen LogP contribution in [0.5, 0.6) is 0 Å². The molecule has 5 aromatic rings. The first-order chi connectivity index (χ1) is 19.0. The molecule has 0 aliphatic carbocycles. The lowest BCUT2D eigenvalue weighted by molar-refractivity contribution is -0.117. The molecule has 4 aromatic carbocycles. The van der Waals surface area contributed by atoms with E-state index in [4.69, 9.17) is 5.73 Å². The number of benzene rings is 4. The third kappa shape index (κ3) is 5.87. The van der Waals surface area contributed by atoms with E-state index >= 15 is 4.39 Å². The molecule has 0 aliphatic heterocycles. The van der Waals surface area contributed by atoms with Crippen LogP contribution >= 0.6 is 0 Å². The Labute approximate surface area is 226 Å². The van der Waals surface area contributed by atoms with Crippen LogP contribution in [-0.4, -0.2) is 16.5 Å². The molecule has 0 fully saturated rings. The lowest BCUT2D eigenvalue weighted by Gasteiger charge is -2.24. The van der Waals surface area contributed by atoms with E-state index in [1.807, 2.05) is 91.0 Å². The quantitative estimate of drug-likeness (QED) is 0.273. The highest BCUT2D eigenvalue weighted by atomic mass is 19.1. The van der Waals surface area contributed by atoms with Gasteiger partial charge < -0.3 is 15.6 Å². The van der Waals surface area contributed by atoms with E-state index in [0.29, 0.717) is 12.2 Å². The van der Waals surface area contributed by atoms with Gasteiger partial charge in [-0.3, -0.25) is 9.59 Å². The van der Waals surface area contributed by atoms with Crippen molar-refractivity contribution < 1.29 is 9.18 Å². The second-order valence-corrected chi connectivity index (χ2v) is 9.33. The number of aromatic nitrogens is 1. The zero-order valence-corrected chi connectivity index (χ0v) is 21.2. The lowest BCUT2D eigenvalue weighted by atomic mass is 9.85. The molecule has 1 aromatic heterocycles. The van der Waals surface area contributed by atoms with Crippen LogP contribution in [-0.2, 0) is 11.3 Å². The Morgan fingerprint density at radius 1 is 0.769 bits per heavy atom. The molecule has 0 aliphatic rings. The van der Waals surface area contributed by atoms with Crippen molar-refractivity contribution in [3.63, 3.8) is 0 Å². The monoisotopic (exact) mass is 517 g/mol. The Kier molecular flexibility index (Phi) is 7.75. The summed E-state index contributed by atoms with van der Waals surface area (Å²) in [6, 6.07) is 37.0. The fourth-order valence-corrected chi connectivity index (χ4v) is 4.79. The fraction of sp³-hybridized carbons (Fsp3) is 0.0909. The van der Waals surface area contributed by atoms with E-state index in [1.54, 1.807) is 24.3 Å². The predicted molar refractivity (Wildman–Crippen MR) is 153 cm³/mol. The first-order valence-corrected chi connectivity index (χ1v) is 12.7. The number of anilines is 1. The Morgan fingerprint density at radius 3 is 1.95 bits per heavy atom. The van der Waals surface area contributed by atoms with Gasteiger partial charge in [0.2, 0.25) is 5.91 Å². The number of pyridine rings is 1. The van der Waals surface area contributed by atoms with Gasteiger partial charge in [0.25, 0.3) is 5.56 Å². The van der Waals surface area contributed by atoms with Crippen molar-refractivity contribution in [2.75, 3.05) is 5.32 Å². The summed E-state index contributed by atoms with van der Waals surface area (Å²) in [5.74, 6) is -1.37. The van der Waals surface area contributed by atoms with E-state index < -0.39 is 17.8 Å². The van der Waals surface area contributed by atoms with Crippen molar-refractivity contribution in [1.29, 1.82) is 0 Å². The van der Waals surface area contributed by atoms with Crippen LogP contribution in [0.1, 0.15) is 22.6 Å². The van der Waals surface area contributed by atoms with E-state index in [9.17, 15) is 9.59 Å². The summed E-state index contributed by atoms with van der Waals surface area (Å²) in [4.78, 5) is 25.9. The van der Waals surface area contributed by atoms with Crippen LogP contribution in [0.2, 0.25) is 0 Å². The van der Waals surface area contributed by atoms with Crippen molar-refractivity contribution in [3.8, 4) is 11.3 Å². The Morgan fingerprint density at radius 2 is 1.36 bits per heavy atom. The fourth-order valence-electron chi connectivity index (χ4n) is 4.79. The standard InChI is InChI=1S/C33H28FN3O2/c34-28-21-26(19-20-27(28)29-17-10-18-30(38)37(29)22-23-11-4-1-5-12-23)36-33(39)32(35)31(24-13-6-2-7-14-24)25-15-8-3-9-16-25/h1-21,31-32H,22,35H2,(H,36,39)/t32-/m0/s1. The second kappa shape index (κ2) is 11.7. The minimum absolute atomic E-state index is 0.230. The molecule has 5 nitrogen and oxygen atoms in total. The van der Waals surface area contributed by atoms with Gasteiger partial charge in [-0.15, -0.1) is 0 Å². The maximum atomic E-state index is 15.4. The molecule has 194 valence electrons. The number of carbonyl (C=O) groups excluding carboxylic acids is 1. The first kappa shape index (κ1) is 25.8. The van der Waals surface area contributed by atoms with Gasteiger partial charge in [0.1, 0.15) is 5.82 Å². The average molecular weight is 518 g/mol. The minimum atomic E-state index is -0.914. The molecular formula is C33H28FN3O2. The summed E-state index contributed by atoms with van der Waals surface area (Å²) >= 11 is 0. The molecule has 0 spiro atoms. The number of rotatable bonds is 8. The molecule has 0 saturated heterocycles. The van der Waals surface area contributed by atoms with Crippen LogP contribution in [0.15, 0.2) is 132 Å². The summed E-state index contributed by atoms with van der Waals surface area (Å²) in [6.07, 6.45) is 0. The highest BCUT2D eigenvalue weighted by Gasteiger charge is 2.28. The molecule has 39 heavy (non-hydrogen) atoms. The number of hydrogen-bond donors (Lipinski definition) is 2. The van der Waals surface area contributed by atoms with Crippen LogP contribution in [0.4, 0.5) is 10.1 Å². The zero-order valence-electron chi connectivity index (χ0n) is 21.2. The normalized spacial score (nSPS) is 11.8. The molecule has 5 rings (SSSR count). The SMILES string of the molecule is N[C@H](C(=O)Nc1ccc(-c2cccc(=O)n2Cc2ccccc2)c(F)c1)C(c1ccccc1)c1ccccc1. The van der Waals surface area contributed by atoms with Gasteiger partial charge in [0.15, 0.2) is 0 Å².